The van der Waals surface area contributed by atoms with Crippen molar-refractivity contribution < 1.29 is 4.79 Å². The van der Waals surface area contributed by atoms with Crippen LogP contribution in [0.15, 0.2) is 24.3 Å². The second-order valence-corrected chi connectivity index (χ2v) is 4.02. The Balaban J connectivity index is 2.37. The van der Waals surface area contributed by atoms with Gasteiger partial charge in [-0.05, 0) is 38.1 Å². The summed E-state index contributed by atoms with van der Waals surface area (Å²) < 4.78 is 0. The lowest BCUT2D eigenvalue weighted by Gasteiger charge is -2.09. The molecule has 0 aromatic heterocycles. The van der Waals surface area contributed by atoms with Crippen LogP contribution in [-0.4, -0.2) is 18.5 Å². The molecular formula is C11H15ClN2O. The smallest absolute Gasteiger partial charge is 0.239 e. The molecule has 0 fully saturated rings. The predicted molar refractivity (Wildman–Crippen MR) is 63.2 cm³/mol. The normalized spacial score (nSPS) is 10.1. The quantitative estimate of drug-likeness (QED) is 0.827. The molecule has 0 radical (unpaired) electrons. The van der Waals surface area contributed by atoms with E-state index in [2.05, 4.69) is 10.6 Å². The SMILES string of the molecule is CC(C)NC(=O)CNc1ccc(Cl)cc1. The molecule has 0 saturated carbocycles. The van der Waals surface area contributed by atoms with Crippen LogP contribution in [0.3, 0.4) is 0 Å². The van der Waals surface area contributed by atoms with Crippen LogP contribution in [0.4, 0.5) is 5.69 Å². The Morgan fingerprint density at radius 1 is 1.33 bits per heavy atom. The summed E-state index contributed by atoms with van der Waals surface area (Å²) >= 11 is 5.74. The van der Waals surface area contributed by atoms with E-state index < -0.39 is 0 Å². The Kier molecular flexibility index (Phi) is 4.43. The van der Waals surface area contributed by atoms with E-state index in [1.165, 1.54) is 0 Å². The number of halogens is 1. The van der Waals surface area contributed by atoms with Gasteiger partial charge in [-0.2, -0.15) is 0 Å². The molecule has 0 spiro atoms. The molecule has 1 amide bonds. The van der Waals surface area contributed by atoms with Gasteiger partial charge < -0.3 is 10.6 Å². The molecule has 2 N–H and O–H groups in total. The maximum absolute atomic E-state index is 11.3. The van der Waals surface area contributed by atoms with Crippen LogP contribution in [0.2, 0.25) is 5.02 Å². The minimum absolute atomic E-state index is 0.0139. The first kappa shape index (κ1) is 11.9. The Bertz CT molecular complexity index is 322. The fourth-order valence-electron chi connectivity index (χ4n) is 1.12. The number of hydrogen-bond acceptors (Lipinski definition) is 2. The molecule has 0 aliphatic rings. The van der Waals surface area contributed by atoms with Gasteiger partial charge in [-0.1, -0.05) is 11.6 Å². The molecule has 0 atom stereocenters. The van der Waals surface area contributed by atoms with Crippen molar-refractivity contribution in [2.45, 2.75) is 19.9 Å². The van der Waals surface area contributed by atoms with Gasteiger partial charge in [0.15, 0.2) is 0 Å². The minimum Gasteiger partial charge on any atom is -0.376 e. The second kappa shape index (κ2) is 5.61. The van der Waals surface area contributed by atoms with E-state index in [9.17, 15) is 4.79 Å². The number of hydrogen-bond donors (Lipinski definition) is 2. The van der Waals surface area contributed by atoms with Crippen LogP contribution in [-0.2, 0) is 4.79 Å². The highest BCUT2D eigenvalue weighted by molar-refractivity contribution is 6.30. The average Bonchev–Trinajstić information content (AvgIpc) is 2.16. The van der Waals surface area contributed by atoms with E-state index in [0.717, 1.165) is 5.69 Å². The van der Waals surface area contributed by atoms with Crippen molar-refractivity contribution in [3.05, 3.63) is 29.3 Å². The standard InChI is InChI=1S/C11H15ClN2O/c1-8(2)14-11(15)7-13-10-5-3-9(12)4-6-10/h3-6,8,13H,7H2,1-2H3,(H,14,15). The van der Waals surface area contributed by atoms with Crippen molar-refractivity contribution in [2.75, 3.05) is 11.9 Å². The van der Waals surface area contributed by atoms with E-state index in [-0.39, 0.29) is 18.5 Å². The molecule has 0 bridgehead atoms. The van der Waals surface area contributed by atoms with Crippen molar-refractivity contribution in [2.24, 2.45) is 0 Å². The summed E-state index contributed by atoms with van der Waals surface area (Å²) in [5, 5.41) is 6.49. The predicted octanol–water partition coefficient (Wildman–Crippen LogP) is 2.28. The van der Waals surface area contributed by atoms with Gasteiger partial charge in [0.1, 0.15) is 0 Å². The first-order chi connectivity index (χ1) is 7.08. The van der Waals surface area contributed by atoms with Crippen molar-refractivity contribution in [3.8, 4) is 0 Å². The Hall–Kier alpha value is -1.22. The van der Waals surface area contributed by atoms with Crippen molar-refractivity contribution >= 4 is 23.2 Å². The fraction of sp³-hybridized carbons (Fsp3) is 0.364. The molecule has 0 unspecified atom stereocenters. The van der Waals surface area contributed by atoms with E-state index >= 15 is 0 Å². The lowest BCUT2D eigenvalue weighted by Crippen LogP contribution is -2.34. The van der Waals surface area contributed by atoms with E-state index in [1.54, 1.807) is 12.1 Å². The fourth-order valence-corrected chi connectivity index (χ4v) is 1.25. The molecule has 0 aliphatic heterocycles. The Morgan fingerprint density at radius 3 is 2.47 bits per heavy atom. The third kappa shape index (κ3) is 4.70. The monoisotopic (exact) mass is 226 g/mol. The zero-order valence-electron chi connectivity index (χ0n) is 8.88. The molecule has 0 saturated heterocycles. The van der Waals surface area contributed by atoms with Gasteiger partial charge in [-0.25, -0.2) is 0 Å². The lowest BCUT2D eigenvalue weighted by atomic mass is 10.3. The van der Waals surface area contributed by atoms with Crippen molar-refractivity contribution in [3.63, 3.8) is 0 Å². The van der Waals surface area contributed by atoms with Gasteiger partial charge in [0, 0.05) is 16.8 Å². The first-order valence-electron chi connectivity index (χ1n) is 4.86. The second-order valence-electron chi connectivity index (χ2n) is 3.58. The molecule has 0 aliphatic carbocycles. The van der Waals surface area contributed by atoms with Crippen LogP contribution >= 0.6 is 11.6 Å². The van der Waals surface area contributed by atoms with Gasteiger partial charge in [0.05, 0.1) is 6.54 Å². The lowest BCUT2D eigenvalue weighted by molar-refractivity contribution is -0.119. The summed E-state index contributed by atoms with van der Waals surface area (Å²) in [7, 11) is 0. The number of benzene rings is 1. The highest BCUT2D eigenvalue weighted by atomic mass is 35.5. The van der Waals surface area contributed by atoms with E-state index in [4.69, 9.17) is 11.6 Å². The number of carbonyl (C=O) groups is 1. The highest BCUT2D eigenvalue weighted by Gasteiger charge is 2.02. The van der Waals surface area contributed by atoms with Crippen LogP contribution in [0.5, 0.6) is 0 Å². The summed E-state index contributed by atoms with van der Waals surface area (Å²) in [5.74, 6) is -0.0139. The molecule has 1 rings (SSSR count). The number of nitrogens with one attached hydrogen (secondary N) is 2. The van der Waals surface area contributed by atoms with Crippen molar-refractivity contribution in [1.29, 1.82) is 0 Å². The van der Waals surface area contributed by atoms with E-state index in [1.807, 2.05) is 26.0 Å². The highest BCUT2D eigenvalue weighted by Crippen LogP contribution is 2.12. The Morgan fingerprint density at radius 2 is 1.93 bits per heavy atom. The van der Waals surface area contributed by atoms with E-state index in [0.29, 0.717) is 5.02 Å². The molecule has 3 nitrogen and oxygen atoms in total. The number of carbonyl (C=O) groups excluding carboxylic acids is 1. The largest absolute Gasteiger partial charge is 0.376 e. The molecule has 82 valence electrons. The van der Waals surface area contributed by atoms with Gasteiger partial charge >= 0.3 is 0 Å². The third-order valence-corrected chi connectivity index (χ3v) is 2.00. The van der Waals surface area contributed by atoms with Crippen LogP contribution in [0.1, 0.15) is 13.8 Å². The third-order valence-electron chi connectivity index (χ3n) is 1.75. The first-order valence-corrected chi connectivity index (χ1v) is 5.24. The Labute approximate surface area is 94.8 Å². The summed E-state index contributed by atoms with van der Waals surface area (Å²) in [4.78, 5) is 11.3. The molecule has 15 heavy (non-hydrogen) atoms. The molecule has 0 heterocycles. The number of amides is 1. The number of rotatable bonds is 4. The molecular weight excluding hydrogens is 212 g/mol. The molecule has 1 aromatic carbocycles. The van der Waals surface area contributed by atoms with Crippen molar-refractivity contribution in [1.82, 2.24) is 5.32 Å². The summed E-state index contributed by atoms with van der Waals surface area (Å²) in [6, 6.07) is 7.41. The summed E-state index contributed by atoms with van der Waals surface area (Å²) in [6.45, 7) is 4.14. The minimum atomic E-state index is -0.0139. The molecule has 4 heteroatoms. The van der Waals surface area contributed by atoms with Crippen LogP contribution < -0.4 is 10.6 Å². The van der Waals surface area contributed by atoms with Gasteiger partial charge in [-0.15, -0.1) is 0 Å². The summed E-state index contributed by atoms with van der Waals surface area (Å²) in [5.41, 5.74) is 0.887. The van der Waals surface area contributed by atoms with Gasteiger partial charge in [0.25, 0.3) is 0 Å². The van der Waals surface area contributed by atoms with Gasteiger partial charge in [0.2, 0.25) is 5.91 Å². The van der Waals surface area contributed by atoms with Crippen LogP contribution in [0.25, 0.3) is 0 Å². The van der Waals surface area contributed by atoms with Gasteiger partial charge in [-0.3, -0.25) is 4.79 Å². The summed E-state index contributed by atoms with van der Waals surface area (Å²) in [6.07, 6.45) is 0. The zero-order chi connectivity index (χ0) is 11.3. The topological polar surface area (TPSA) is 41.1 Å². The van der Waals surface area contributed by atoms with Crippen LogP contribution in [0, 0.1) is 0 Å². The maximum Gasteiger partial charge on any atom is 0.239 e. The average molecular weight is 227 g/mol. The number of anilines is 1. The molecule has 1 aromatic rings. The maximum atomic E-state index is 11.3. The zero-order valence-corrected chi connectivity index (χ0v) is 9.64.